The van der Waals surface area contributed by atoms with Crippen molar-refractivity contribution in [2.75, 3.05) is 0 Å². The van der Waals surface area contributed by atoms with Gasteiger partial charge in [0, 0.05) is 18.8 Å². The molecule has 3 N–H and O–H groups in total. The molecule has 0 aromatic carbocycles. The highest BCUT2D eigenvalue weighted by Crippen LogP contribution is 2.35. The maximum Gasteiger partial charge on any atom is 0.364 e. The van der Waals surface area contributed by atoms with Crippen LogP contribution in [0.4, 0.5) is 0 Å². The topological polar surface area (TPSA) is 94.8 Å². The highest BCUT2D eigenvalue weighted by Gasteiger charge is 2.33. The minimum atomic E-state index is -2.67. The van der Waals surface area contributed by atoms with E-state index in [1.165, 1.54) is 38.5 Å². The Balaban J connectivity index is 2.28. The van der Waals surface area contributed by atoms with E-state index in [0.717, 1.165) is 12.8 Å². The van der Waals surface area contributed by atoms with E-state index in [-0.39, 0.29) is 18.8 Å². The van der Waals surface area contributed by atoms with Crippen LogP contribution < -0.4 is 0 Å². The van der Waals surface area contributed by atoms with Crippen LogP contribution in [0.2, 0.25) is 0 Å². The van der Waals surface area contributed by atoms with Crippen LogP contribution in [0.3, 0.4) is 0 Å². The average Bonchev–Trinajstić information content (AvgIpc) is 2.90. The fourth-order valence-corrected chi connectivity index (χ4v) is 3.59. The standard InChI is InChI=1S/C20H34O5/c1-2-3-4-5-6-8-11-16-13-14-18(21)17(16)12-9-7-10-15-20(24,25)19(22)23/h7,9,16-17,24-25H,2-6,8,10-15H2,1H3,(H,22,23)/b9-7-/t16-,17+/m0/s1. The van der Waals surface area contributed by atoms with E-state index in [1.807, 2.05) is 6.08 Å². The lowest BCUT2D eigenvalue weighted by Gasteiger charge is -2.17. The quantitative estimate of drug-likeness (QED) is 0.265. The first kappa shape index (κ1) is 21.8. The Bertz CT molecular complexity index is 441. The molecule has 25 heavy (non-hydrogen) atoms. The van der Waals surface area contributed by atoms with Crippen LogP contribution in [0.25, 0.3) is 0 Å². The summed E-state index contributed by atoms with van der Waals surface area (Å²) in [5.41, 5.74) is 0. The van der Waals surface area contributed by atoms with E-state index >= 15 is 0 Å². The molecule has 0 bridgehead atoms. The number of carboxylic acids is 1. The van der Waals surface area contributed by atoms with E-state index in [0.29, 0.717) is 24.5 Å². The third-order valence-corrected chi connectivity index (χ3v) is 5.23. The molecule has 5 heteroatoms. The number of unbranched alkanes of at least 4 members (excludes halogenated alkanes) is 5. The Labute approximate surface area is 151 Å². The van der Waals surface area contributed by atoms with Crippen molar-refractivity contribution < 1.29 is 24.9 Å². The number of rotatable bonds is 13. The fourth-order valence-electron chi connectivity index (χ4n) is 3.59. The zero-order chi connectivity index (χ0) is 18.7. The second-order valence-corrected chi connectivity index (χ2v) is 7.30. The van der Waals surface area contributed by atoms with E-state index in [2.05, 4.69) is 6.92 Å². The van der Waals surface area contributed by atoms with E-state index in [4.69, 9.17) is 5.11 Å². The number of carboxylic acid groups (broad SMARTS) is 1. The number of aliphatic carboxylic acids is 1. The summed E-state index contributed by atoms with van der Waals surface area (Å²) in [6, 6.07) is 0. The van der Waals surface area contributed by atoms with E-state index < -0.39 is 11.8 Å². The largest absolute Gasteiger partial charge is 0.477 e. The first-order valence-corrected chi connectivity index (χ1v) is 9.74. The predicted octanol–water partition coefficient (Wildman–Crippen LogP) is 3.82. The van der Waals surface area contributed by atoms with Gasteiger partial charge in [-0.3, -0.25) is 4.79 Å². The normalized spacial score (nSPS) is 21.3. The molecule has 0 unspecified atom stereocenters. The van der Waals surface area contributed by atoms with Gasteiger partial charge in [-0.15, -0.1) is 0 Å². The fraction of sp³-hybridized carbons (Fsp3) is 0.800. The summed E-state index contributed by atoms with van der Waals surface area (Å²) in [5.74, 6) is -3.42. The molecule has 0 radical (unpaired) electrons. The summed E-state index contributed by atoms with van der Waals surface area (Å²) < 4.78 is 0. The average molecular weight is 354 g/mol. The number of carbonyl (C=O) groups excluding carboxylic acids is 1. The molecule has 2 atom stereocenters. The van der Waals surface area contributed by atoms with Gasteiger partial charge in [0.2, 0.25) is 0 Å². The molecule has 1 fully saturated rings. The van der Waals surface area contributed by atoms with Crippen molar-refractivity contribution >= 4 is 11.8 Å². The Morgan fingerprint density at radius 3 is 2.52 bits per heavy atom. The molecule has 0 saturated heterocycles. The second-order valence-electron chi connectivity index (χ2n) is 7.30. The Hall–Kier alpha value is -1.20. The van der Waals surface area contributed by atoms with E-state index in [1.54, 1.807) is 6.08 Å². The van der Waals surface area contributed by atoms with Gasteiger partial charge in [-0.2, -0.15) is 0 Å². The molecule has 0 spiro atoms. The van der Waals surface area contributed by atoms with Crippen LogP contribution >= 0.6 is 0 Å². The monoisotopic (exact) mass is 354 g/mol. The van der Waals surface area contributed by atoms with Gasteiger partial charge in [-0.05, 0) is 31.6 Å². The SMILES string of the molecule is CCCCCCCC[C@H]1CCC(=O)[C@@H]1C/C=C\CCC(O)(O)C(=O)O. The highest BCUT2D eigenvalue weighted by molar-refractivity contribution is 5.83. The number of hydrogen-bond acceptors (Lipinski definition) is 4. The predicted molar refractivity (Wildman–Crippen MR) is 97.0 cm³/mol. The summed E-state index contributed by atoms with van der Waals surface area (Å²) in [7, 11) is 0. The van der Waals surface area contributed by atoms with Crippen molar-refractivity contribution in [3.63, 3.8) is 0 Å². The molecule has 1 saturated carbocycles. The molecule has 0 aliphatic heterocycles. The molecule has 0 amide bonds. The number of aliphatic hydroxyl groups is 2. The van der Waals surface area contributed by atoms with Crippen LogP contribution in [-0.2, 0) is 9.59 Å². The van der Waals surface area contributed by atoms with Gasteiger partial charge in [0.1, 0.15) is 5.78 Å². The van der Waals surface area contributed by atoms with Crippen LogP contribution in [0.1, 0.15) is 84.0 Å². The highest BCUT2D eigenvalue weighted by atomic mass is 16.5. The van der Waals surface area contributed by atoms with Crippen molar-refractivity contribution in [1.82, 2.24) is 0 Å². The summed E-state index contributed by atoms with van der Waals surface area (Å²) in [4.78, 5) is 22.7. The third kappa shape index (κ3) is 8.15. The van der Waals surface area contributed by atoms with Gasteiger partial charge in [0.05, 0.1) is 0 Å². The maximum atomic E-state index is 12.1. The zero-order valence-corrected chi connectivity index (χ0v) is 15.5. The first-order valence-electron chi connectivity index (χ1n) is 9.74. The lowest BCUT2D eigenvalue weighted by atomic mass is 9.87. The lowest BCUT2D eigenvalue weighted by Crippen LogP contribution is -2.37. The van der Waals surface area contributed by atoms with Gasteiger partial charge in [0.15, 0.2) is 0 Å². The van der Waals surface area contributed by atoms with Crippen molar-refractivity contribution in [2.24, 2.45) is 11.8 Å². The minimum absolute atomic E-state index is 0.0828. The minimum Gasteiger partial charge on any atom is -0.477 e. The zero-order valence-electron chi connectivity index (χ0n) is 15.5. The Morgan fingerprint density at radius 2 is 1.84 bits per heavy atom. The molecule has 1 rings (SSSR count). The van der Waals surface area contributed by atoms with Crippen molar-refractivity contribution in [3.05, 3.63) is 12.2 Å². The summed E-state index contributed by atoms with van der Waals surface area (Å²) in [6.45, 7) is 2.21. The number of allylic oxidation sites excluding steroid dienone is 2. The summed E-state index contributed by atoms with van der Waals surface area (Å²) >= 11 is 0. The van der Waals surface area contributed by atoms with Crippen LogP contribution in [0.15, 0.2) is 12.2 Å². The van der Waals surface area contributed by atoms with Crippen LogP contribution in [0.5, 0.6) is 0 Å². The van der Waals surface area contributed by atoms with Gasteiger partial charge < -0.3 is 15.3 Å². The van der Waals surface area contributed by atoms with Crippen molar-refractivity contribution in [1.29, 1.82) is 0 Å². The van der Waals surface area contributed by atoms with E-state index in [9.17, 15) is 19.8 Å². The first-order chi connectivity index (χ1) is 11.9. The van der Waals surface area contributed by atoms with Gasteiger partial charge in [0.25, 0.3) is 5.79 Å². The van der Waals surface area contributed by atoms with Gasteiger partial charge in [-0.1, -0.05) is 57.6 Å². The van der Waals surface area contributed by atoms with Crippen molar-refractivity contribution in [3.8, 4) is 0 Å². The number of ketones is 1. The molecule has 0 heterocycles. The van der Waals surface area contributed by atoms with Crippen LogP contribution in [-0.4, -0.2) is 32.9 Å². The molecule has 1 aliphatic rings. The van der Waals surface area contributed by atoms with Crippen molar-refractivity contribution in [2.45, 2.75) is 89.8 Å². The number of hydrogen-bond donors (Lipinski definition) is 3. The third-order valence-electron chi connectivity index (χ3n) is 5.23. The molecular weight excluding hydrogens is 320 g/mol. The maximum absolute atomic E-state index is 12.1. The molecular formula is C20H34O5. The second kappa shape index (κ2) is 11.4. The molecule has 1 aliphatic carbocycles. The Kier molecular flexibility index (Phi) is 9.98. The molecule has 0 aromatic heterocycles. The number of Topliss-reactive ketones (excluding diaryl/α,β-unsaturated/α-hetero) is 1. The molecule has 0 aromatic rings. The van der Waals surface area contributed by atoms with Crippen LogP contribution in [0, 0.1) is 11.8 Å². The lowest BCUT2D eigenvalue weighted by molar-refractivity contribution is -0.205. The number of carbonyl (C=O) groups is 2. The molecule has 5 nitrogen and oxygen atoms in total. The summed E-state index contributed by atoms with van der Waals surface area (Å²) in [5, 5.41) is 27.1. The van der Waals surface area contributed by atoms with Gasteiger partial charge in [-0.25, -0.2) is 4.79 Å². The Morgan fingerprint density at radius 1 is 1.16 bits per heavy atom. The smallest absolute Gasteiger partial charge is 0.364 e. The van der Waals surface area contributed by atoms with Gasteiger partial charge >= 0.3 is 5.97 Å². The molecule has 144 valence electrons. The summed E-state index contributed by atoms with van der Waals surface area (Å²) in [6.07, 6.45) is 14.7.